The Hall–Kier alpha value is -2.18. The molecule has 1 unspecified atom stereocenters. The molecule has 2 aromatic rings. The van der Waals surface area contributed by atoms with E-state index >= 15 is 0 Å². The van der Waals surface area contributed by atoms with Gasteiger partial charge < -0.3 is 0 Å². The van der Waals surface area contributed by atoms with E-state index in [2.05, 4.69) is 80.3 Å². The maximum Gasteiger partial charge on any atom is 0.100 e. The SMILES string of the molecule is CC#N.CC(C)N(CCc1ccccc1)C(C)CCc1ccc(C2CCC(F)CC2)cc1. The van der Waals surface area contributed by atoms with Crippen LogP contribution >= 0.6 is 0 Å². The van der Waals surface area contributed by atoms with E-state index in [1.165, 1.54) is 30.0 Å². The lowest BCUT2D eigenvalue weighted by atomic mass is 9.83. The van der Waals surface area contributed by atoms with Crippen molar-refractivity contribution in [3.8, 4) is 6.07 Å². The van der Waals surface area contributed by atoms with Crippen molar-refractivity contribution in [1.29, 1.82) is 5.26 Å². The second kappa shape index (κ2) is 14.1. The summed E-state index contributed by atoms with van der Waals surface area (Å²) in [5.74, 6) is 0.560. The van der Waals surface area contributed by atoms with Crippen LogP contribution in [-0.4, -0.2) is 29.7 Å². The third-order valence-corrected chi connectivity index (χ3v) is 6.69. The molecular weight excluding hydrogens is 395 g/mol. The van der Waals surface area contributed by atoms with Crippen molar-refractivity contribution in [2.75, 3.05) is 6.54 Å². The van der Waals surface area contributed by atoms with Gasteiger partial charge in [-0.15, -0.1) is 0 Å². The van der Waals surface area contributed by atoms with Crippen molar-refractivity contribution >= 4 is 0 Å². The summed E-state index contributed by atoms with van der Waals surface area (Å²) >= 11 is 0. The first-order chi connectivity index (χ1) is 15.4. The van der Waals surface area contributed by atoms with E-state index in [9.17, 15) is 4.39 Å². The van der Waals surface area contributed by atoms with Gasteiger partial charge in [0.2, 0.25) is 0 Å². The van der Waals surface area contributed by atoms with Crippen LogP contribution in [-0.2, 0) is 12.8 Å². The van der Waals surface area contributed by atoms with E-state index in [4.69, 9.17) is 5.26 Å². The molecule has 1 aliphatic rings. The molecule has 2 aromatic carbocycles. The second-order valence-corrected chi connectivity index (χ2v) is 9.37. The van der Waals surface area contributed by atoms with Gasteiger partial charge in [0.25, 0.3) is 0 Å². The summed E-state index contributed by atoms with van der Waals surface area (Å²) in [5, 5.41) is 7.32. The predicted octanol–water partition coefficient (Wildman–Crippen LogP) is 7.49. The van der Waals surface area contributed by atoms with Crippen LogP contribution in [0.5, 0.6) is 0 Å². The third kappa shape index (κ3) is 8.75. The van der Waals surface area contributed by atoms with Gasteiger partial charge in [-0.05, 0) is 88.3 Å². The minimum Gasteiger partial charge on any atom is -0.298 e. The molecule has 0 spiro atoms. The van der Waals surface area contributed by atoms with Gasteiger partial charge in [0.05, 0.1) is 6.07 Å². The highest BCUT2D eigenvalue weighted by Crippen LogP contribution is 2.34. The molecule has 1 fully saturated rings. The van der Waals surface area contributed by atoms with E-state index in [1.807, 2.05) is 0 Å². The Kier molecular flexibility index (Phi) is 11.5. The molecule has 1 atom stereocenters. The largest absolute Gasteiger partial charge is 0.298 e. The first-order valence-corrected chi connectivity index (χ1v) is 12.3. The van der Waals surface area contributed by atoms with Crippen LogP contribution in [0.3, 0.4) is 0 Å². The van der Waals surface area contributed by atoms with Crippen molar-refractivity contribution < 1.29 is 4.39 Å². The van der Waals surface area contributed by atoms with Gasteiger partial charge in [-0.25, -0.2) is 4.39 Å². The summed E-state index contributed by atoms with van der Waals surface area (Å²) in [6.07, 6.45) is 6.31. The number of nitrogens with zero attached hydrogens (tertiary/aromatic N) is 2. The first kappa shape index (κ1) is 26.1. The molecule has 32 heavy (non-hydrogen) atoms. The molecule has 3 rings (SSSR count). The maximum atomic E-state index is 13.4. The zero-order chi connectivity index (χ0) is 23.3. The molecule has 0 bridgehead atoms. The van der Waals surface area contributed by atoms with Gasteiger partial charge in [0.15, 0.2) is 0 Å². The number of halogens is 1. The fourth-order valence-electron chi connectivity index (χ4n) is 4.77. The first-order valence-electron chi connectivity index (χ1n) is 12.3. The van der Waals surface area contributed by atoms with Crippen LogP contribution in [0, 0.1) is 11.3 Å². The van der Waals surface area contributed by atoms with Gasteiger partial charge in [-0.1, -0.05) is 54.6 Å². The smallest absolute Gasteiger partial charge is 0.100 e. The third-order valence-electron chi connectivity index (χ3n) is 6.69. The second-order valence-electron chi connectivity index (χ2n) is 9.37. The highest BCUT2D eigenvalue weighted by molar-refractivity contribution is 5.26. The number of benzene rings is 2. The highest BCUT2D eigenvalue weighted by Gasteiger charge is 2.22. The molecule has 0 saturated heterocycles. The zero-order valence-electron chi connectivity index (χ0n) is 20.4. The van der Waals surface area contributed by atoms with Gasteiger partial charge >= 0.3 is 0 Å². The maximum absolute atomic E-state index is 13.4. The monoisotopic (exact) mass is 436 g/mol. The van der Waals surface area contributed by atoms with Crippen LogP contribution in [0.15, 0.2) is 54.6 Å². The van der Waals surface area contributed by atoms with Gasteiger partial charge in [-0.3, -0.25) is 4.90 Å². The Balaban J connectivity index is 0.00000114. The molecular formula is C29H41FN2. The summed E-state index contributed by atoms with van der Waals surface area (Å²) in [6, 6.07) is 22.9. The Morgan fingerprint density at radius 3 is 2.03 bits per heavy atom. The van der Waals surface area contributed by atoms with Gasteiger partial charge in [0.1, 0.15) is 6.17 Å². The number of nitriles is 1. The fraction of sp³-hybridized carbons (Fsp3) is 0.552. The molecule has 0 heterocycles. The lowest BCUT2D eigenvalue weighted by molar-refractivity contribution is 0.158. The van der Waals surface area contributed by atoms with E-state index in [-0.39, 0.29) is 0 Å². The molecule has 0 amide bonds. The van der Waals surface area contributed by atoms with Crippen molar-refractivity contribution in [3.63, 3.8) is 0 Å². The Morgan fingerprint density at radius 1 is 0.906 bits per heavy atom. The van der Waals surface area contributed by atoms with Crippen LogP contribution in [0.2, 0.25) is 0 Å². The van der Waals surface area contributed by atoms with E-state index in [0.717, 1.165) is 45.1 Å². The predicted molar refractivity (Wildman–Crippen MR) is 134 cm³/mol. The highest BCUT2D eigenvalue weighted by atomic mass is 19.1. The number of alkyl halides is 1. The van der Waals surface area contributed by atoms with Crippen LogP contribution in [0.1, 0.15) is 82.4 Å². The van der Waals surface area contributed by atoms with Crippen LogP contribution in [0.4, 0.5) is 4.39 Å². The summed E-state index contributed by atoms with van der Waals surface area (Å²) in [6.45, 7) is 9.53. The van der Waals surface area contributed by atoms with Crippen LogP contribution < -0.4 is 0 Å². The lowest BCUT2D eigenvalue weighted by Crippen LogP contribution is -2.40. The minimum absolute atomic E-state index is 0.557. The van der Waals surface area contributed by atoms with Crippen molar-refractivity contribution in [1.82, 2.24) is 4.90 Å². The molecule has 1 saturated carbocycles. The van der Waals surface area contributed by atoms with Crippen molar-refractivity contribution in [2.24, 2.45) is 0 Å². The standard InChI is InChI=1S/C27H38FN.C2H3N/c1-21(2)29(20-19-23-7-5-4-6-8-23)22(3)9-10-24-11-13-25(14-12-24)26-15-17-27(28)18-16-26;1-2-3/h4-8,11-14,21-22,26-27H,9-10,15-20H2,1-3H3;1H3. The van der Waals surface area contributed by atoms with Crippen LogP contribution in [0.25, 0.3) is 0 Å². The number of hydrogen-bond donors (Lipinski definition) is 0. The molecule has 174 valence electrons. The molecule has 3 heteroatoms. The average Bonchev–Trinajstić information content (AvgIpc) is 2.80. The van der Waals surface area contributed by atoms with Gasteiger partial charge in [0, 0.05) is 25.6 Å². The minimum atomic E-state index is -0.571. The summed E-state index contributed by atoms with van der Waals surface area (Å²) in [7, 11) is 0. The van der Waals surface area contributed by atoms with E-state index in [0.29, 0.717) is 18.0 Å². The molecule has 0 aliphatic heterocycles. The van der Waals surface area contributed by atoms with Gasteiger partial charge in [-0.2, -0.15) is 5.26 Å². The normalized spacial score (nSPS) is 19.2. The van der Waals surface area contributed by atoms with E-state index < -0.39 is 6.17 Å². The molecule has 0 aromatic heterocycles. The van der Waals surface area contributed by atoms with Crippen molar-refractivity contribution in [2.45, 2.75) is 96.8 Å². The topological polar surface area (TPSA) is 27.0 Å². The Labute approximate surface area is 195 Å². The average molecular weight is 437 g/mol. The number of rotatable bonds is 9. The number of aryl methyl sites for hydroxylation is 1. The van der Waals surface area contributed by atoms with E-state index in [1.54, 1.807) is 6.07 Å². The molecule has 2 nitrogen and oxygen atoms in total. The summed E-state index contributed by atoms with van der Waals surface area (Å²) in [4.78, 5) is 2.64. The van der Waals surface area contributed by atoms with Crippen molar-refractivity contribution in [3.05, 3.63) is 71.3 Å². The summed E-state index contributed by atoms with van der Waals surface area (Å²) in [5.41, 5.74) is 4.25. The number of hydrogen-bond acceptors (Lipinski definition) is 2. The zero-order valence-corrected chi connectivity index (χ0v) is 20.4. The molecule has 0 N–H and O–H groups in total. The molecule has 0 radical (unpaired) electrons. The molecule has 1 aliphatic carbocycles. The fourth-order valence-corrected chi connectivity index (χ4v) is 4.77. The Morgan fingerprint density at radius 2 is 1.47 bits per heavy atom. The summed E-state index contributed by atoms with van der Waals surface area (Å²) < 4.78 is 13.4. The lowest BCUT2D eigenvalue weighted by Gasteiger charge is -2.33. The quantitative estimate of drug-likeness (QED) is 0.407. The Bertz CT molecular complexity index is 786.